The van der Waals surface area contributed by atoms with Gasteiger partial charge in [0.1, 0.15) is 18.4 Å². The molecule has 1 amide bonds. The summed E-state index contributed by atoms with van der Waals surface area (Å²) >= 11 is 0. The molecule has 5 nitrogen and oxygen atoms in total. The highest BCUT2D eigenvalue weighted by Gasteiger charge is 2.22. The van der Waals surface area contributed by atoms with E-state index in [-0.39, 0.29) is 18.6 Å². The van der Waals surface area contributed by atoms with Crippen LogP contribution in [0, 0.1) is 13.8 Å². The molecule has 0 saturated heterocycles. The van der Waals surface area contributed by atoms with E-state index in [0.717, 1.165) is 23.6 Å². The highest BCUT2D eigenvalue weighted by Crippen LogP contribution is 2.27. The number of amides is 1. The van der Waals surface area contributed by atoms with Crippen LogP contribution in [0.2, 0.25) is 0 Å². The van der Waals surface area contributed by atoms with Gasteiger partial charge in [0.05, 0.1) is 12.2 Å². The molecule has 3 rings (SSSR count). The van der Waals surface area contributed by atoms with Crippen LogP contribution in [0.5, 0.6) is 5.75 Å². The predicted molar refractivity (Wildman–Crippen MR) is 79.3 cm³/mol. The number of carbonyl (C=O) groups excluding carboxylic acids is 1. The maximum absolute atomic E-state index is 12.0. The zero-order valence-electron chi connectivity index (χ0n) is 12.3. The van der Waals surface area contributed by atoms with Crippen LogP contribution in [0.3, 0.4) is 0 Å². The van der Waals surface area contributed by atoms with Crippen molar-refractivity contribution in [3.8, 4) is 5.75 Å². The van der Waals surface area contributed by atoms with Gasteiger partial charge in [0, 0.05) is 12.1 Å². The molecule has 0 bridgehead atoms. The molecule has 2 aromatic rings. The zero-order valence-corrected chi connectivity index (χ0v) is 12.3. The second-order valence-corrected chi connectivity index (χ2v) is 5.44. The standard InChI is InChI=1S/C16H19N3O2/c1-11-7-12(2)19(18-11)10-16(20)17-9-14-8-13-5-3-4-6-15(13)21-14/h3-7,14H,8-10H2,1-2H3,(H,17,20)/t14-/m1/s1. The predicted octanol–water partition coefficient (Wildman–Crippen LogP) is 1.62. The van der Waals surface area contributed by atoms with E-state index in [9.17, 15) is 4.79 Å². The molecule has 1 aromatic carbocycles. The van der Waals surface area contributed by atoms with E-state index in [2.05, 4.69) is 16.5 Å². The topological polar surface area (TPSA) is 56.2 Å². The van der Waals surface area contributed by atoms with Gasteiger partial charge < -0.3 is 10.1 Å². The number of aromatic nitrogens is 2. The quantitative estimate of drug-likeness (QED) is 0.928. The lowest BCUT2D eigenvalue weighted by molar-refractivity contribution is -0.122. The molecule has 5 heteroatoms. The number of hydrogen-bond donors (Lipinski definition) is 1. The monoisotopic (exact) mass is 285 g/mol. The Morgan fingerprint density at radius 3 is 2.95 bits per heavy atom. The summed E-state index contributed by atoms with van der Waals surface area (Å²) in [6, 6.07) is 9.96. The fourth-order valence-electron chi connectivity index (χ4n) is 2.62. The van der Waals surface area contributed by atoms with Crippen LogP contribution in [0.1, 0.15) is 17.0 Å². The SMILES string of the molecule is Cc1cc(C)n(CC(=O)NC[C@H]2Cc3ccccc3O2)n1. The summed E-state index contributed by atoms with van der Waals surface area (Å²) in [6.45, 7) is 4.64. The van der Waals surface area contributed by atoms with Gasteiger partial charge in [-0.25, -0.2) is 0 Å². The molecule has 1 aliphatic heterocycles. The molecular weight excluding hydrogens is 266 g/mol. The smallest absolute Gasteiger partial charge is 0.241 e. The van der Waals surface area contributed by atoms with Gasteiger partial charge >= 0.3 is 0 Å². The number of hydrogen-bond acceptors (Lipinski definition) is 3. The van der Waals surface area contributed by atoms with Crippen LogP contribution in [0.15, 0.2) is 30.3 Å². The lowest BCUT2D eigenvalue weighted by atomic mass is 10.1. The van der Waals surface area contributed by atoms with Gasteiger partial charge in [-0.15, -0.1) is 0 Å². The molecule has 110 valence electrons. The molecule has 1 aliphatic rings. The second kappa shape index (κ2) is 5.60. The van der Waals surface area contributed by atoms with E-state index < -0.39 is 0 Å². The summed E-state index contributed by atoms with van der Waals surface area (Å²) < 4.78 is 7.52. The molecule has 0 unspecified atom stereocenters. The fraction of sp³-hybridized carbons (Fsp3) is 0.375. The van der Waals surface area contributed by atoms with Crippen molar-refractivity contribution in [1.82, 2.24) is 15.1 Å². The van der Waals surface area contributed by atoms with Gasteiger partial charge in [0.25, 0.3) is 0 Å². The van der Waals surface area contributed by atoms with Gasteiger partial charge in [-0.3, -0.25) is 9.48 Å². The molecule has 0 fully saturated rings. The maximum atomic E-state index is 12.0. The average molecular weight is 285 g/mol. The molecule has 0 radical (unpaired) electrons. The number of nitrogens with zero attached hydrogens (tertiary/aromatic N) is 2. The Kier molecular flexibility index (Phi) is 3.64. The minimum absolute atomic E-state index is 0.0202. The van der Waals surface area contributed by atoms with Gasteiger partial charge in [-0.1, -0.05) is 18.2 Å². The molecule has 1 atom stereocenters. The molecule has 0 aliphatic carbocycles. The number of para-hydroxylation sites is 1. The van der Waals surface area contributed by atoms with Gasteiger partial charge in [-0.05, 0) is 31.5 Å². The van der Waals surface area contributed by atoms with Gasteiger partial charge in [0.2, 0.25) is 5.91 Å². The second-order valence-electron chi connectivity index (χ2n) is 5.44. The molecule has 0 saturated carbocycles. The van der Waals surface area contributed by atoms with Gasteiger partial charge in [0.15, 0.2) is 0 Å². The number of rotatable bonds is 4. The first-order valence-electron chi connectivity index (χ1n) is 7.14. The third kappa shape index (κ3) is 3.07. The highest BCUT2D eigenvalue weighted by atomic mass is 16.5. The van der Waals surface area contributed by atoms with Crippen molar-refractivity contribution in [2.45, 2.75) is 32.9 Å². The zero-order chi connectivity index (χ0) is 14.8. The molecule has 21 heavy (non-hydrogen) atoms. The van der Waals surface area contributed by atoms with Crippen molar-refractivity contribution in [2.24, 2.45) is 0 Å². The van der Waals surface area contributed by atoms with Crippen LogP contribution in [0.4, 0.5) is 0 Å². The molecular formula is C16H19N3O2. The first kappa shape index (κ1) is 13.7. The van der Waals surface area contributed by atoms with Crippen molar-refractivity contribution in [2.75, 3.05) is 6.54 Å². The first-order valence-corrected chi connectivity index (χ1v) is 7.14. The van der Waals surface area contributed by atoms with Crippen molar-refractivity contribution >= 4 is 5.91 Å². The fourth-order valence-corrected chi connectivity index (χ4v) is 2.62. The van der Waals surface area contributed by atoms with Crippen molar-refractivity contribution in [3.63, 3.8) is 0 Å². The number of aryl methyl sites for hydroxylation is 2. The number of nitrogens with one attached hydrogen (secondary N) is 1. The third-order valence-corrected chi connectivity index (χ3v) is 3.64. The third-order valence-electron chi connectivity index (χ3n) is 3.64. The Morgan fingerprint density at radius 2 is 2.24 bits per heavy atom. The van der Waals surface area contributed by atoms with E-state index in [0.29, 0.717) is 6.54 Å². The van der Waals surface area contributed by atoms with Crippen LogP contribution in [0.25, 0.3) is 0 Å². The summed E-state index contributed by atoms with van der Waals surface area (Å²) in [4.78, 5) is 12.0. The Labute approximate surface area is 123 Å². The number of fused-ring (bicyclic) bond motifs is 1. The van der Waals surface area contributed by atoms with E-state index in [1.165, 1.54) is 5.56 Å². The number of carbonyl (C=O) groups is 1. The summed E-state index contributed by atoms with van der Waals surface area (Å²) in [5.41, 5.74) is 3.12. The molecule has 2 heterocycles. The minimum atomic E-state index is -0.0410. The summed E-state index contributed by atoms with van der Waals surface area (Å²) in [7, 11) is 0. The van der Waals surface area contributed by atoms with Crippen molar-refractivity contribution in [1.29, 1.82) is 0 Å². The highest BCUT2D eigenvalue weighted by molar-refractivity contribution is 5.75. The lowest BCUT2D eigenvalue weighted by Gasteiger charge is -2.12. The summed E-state index contributed by atoms with van der Waals surface area (Å²) in [5, 5.41) is 7.21. The molecule has 1 aromatic heterocycles. The average Bonchev–Trinajstić information content (AvgIpc) is 2.99. The van der Waals surface area contributed by atoms with Crippen LogP contribution in [-0.4, -0.2) is 28.3 Å². The Morgan fingerprint density at radius 1 is 1.43 bits per heavy atom. The maximum Gasteiger partial charge on any atom is 0.241 e. The summed E-state index contributed by atoms with van der Waals surface area (Å²) in [6.07, 6.45) is 0.864. The Balaban J connectivity index is 1.50. The Bertz CT molecular complexity index is 638. The van der Waals surface area contributed by atoms with Crippen LogP contribution >= 0.6 is 0 Å². The normalized spacial score (nSPS) is 16.4. The molecule has 0 spiro atoms. The lowest BCUT2D eigenvalue weighted by Crippen LogP contribution is -2.36. The number of benzene rings is 1. The van der Waals surface area contributed by atoms with E-state index in [1.807, 2.05) is 38.1 Å². The van der Waals surface area contributed by atoms with E-state index in [4.69, 9.17) is 4.74 Å². The van der Waals surface area contributed by atoms with Crippen LogP contribution in [-0.2, 0) is 17.8 Å². The minimum Gasteiger partial charge on any atom is -0.488 e. The summed E-state index contributed by atoms with van der Waals surface area (Å²) in [5.74, 6) is 0.885. The molecule has 1 N–H and O–H groups in total. The van der Waals surface area contributed by atoms with Crippen molar-refractivity contribution in [3.05, 3.63) is 47.3 Å². The Hall–Kier alpha value is -2.30. The number of ether oxygens (including phenoxy) is 1. The first-order chi connectivity index (χ1) is 10.1. The van der Waals surface area contributed by atoms with E-state index in [1.54, 1.807) is 4.68 Å². The van der Waals surface area contributed by atoms with Crippen LogP contribution < -0.4 is 10.1 Å². The largest absolute Gasteiger partial charge is 0.488 e. The van der Waals surface area contributed by atoms with Crippen molar-refractivity contribution < 1.29 is 9.53 Å². The van der Waals surface area contributed by atoms with E-state index >= 15 is 0 Å². The van der Waals surface area contributed by atoms with Gasteiger partial charge in [-0.2, -0.15) is 5.10 Å².